The minimum absolute atomic E-state index is 0.0612. The molecule has 0 amide bonds. The lowest BCUT2D eigenvalue weighted by Gasteiger charge is -2.21. The Hall–Kier alpha value is -0.940. The summed E-state index contributed by atoms with van der Waals surface area (Å²) >= 11 is 7.65. The van der Waals surface area contributed by atoms with E-state index in [1.54, 1.807) is 18.0 Å². The Kier molecular flexibility index (Phi) is 4.72. The largest absolute Gasteiger partial charge is 0.328 e. The highest BCUT2D eigenvalue weighted by atomic mass is 35.5. The smallest absolute Gasteiger partial charge is 0.271 e. The van der Waals surface area contributed by atoms with Crippen LogP contribution in [0.4, 0.5) is 11.4 Å². The number of nitrogens with zero attached hydrogens (tertiary/aromatic N) is 1. The average molecular weight is 287 g/mol. The quantitative estimate of drug-likeness (QED) is 0.498. The Morgan fingerprint density at radius 1 is 1.33 bits per heavy atom. The number of benzene rings is 1. The molecule has 1 aromatic carbocycles. The van der Waals surface area contributed by atoms with Crippen LogP contribution in [0, 0.1) is 10.1 Å². The molecule has 1 aromatic rings. The third-order valence-electron chi connectivity index (χ3n) is 3.05. The molecule has 0 bridgehead atoms. The number of anilines is 1. The first kappa shape index (κ1) is 13.5. The molecule has 18 heavy (non-hydrogen) atoms. The highest BCUT2D eigenvalue weighted by molar-refractivity contribution is 8.01. The summed E-state index contributed by atoms with van der Waals surface area (Å²) in [6, 6.07) is 4.46. The second kappa shape index (κ2) is 6.29. The monoisotopic (exact) mass is 286 g/mol. The van der Waals surface area contributed by atoms with Crippen LogP contribution in [0.25, 0.3) is 0 Å². The molecule has 0 saturated heterocycles. The maximum absolute atomic E-state index is 10.7. The predicted octanol–water partition coefficient (Wildman–Crippen LogP) is 4.64. The summed E-state index contributed by atoms with van der Waals surface area (Å²) in [7, 11) is 0. The lowest BCUT2D eigenvalue weighted by molar-refractivity contribution is -0.384. The predicted molar refractivity (Wildman–Crippen MR) is 76.2 cm³/mol. The number of rotatable bonds is 4. The Labute approximate surface area is 115 Å². The van der Waals surface area contributed by atoms with E-state index in [0.717, 1.165) is 0 Å². The van der Waals surface area contributed by atoms with Gasteiger partial charge in [-0.15, -0.1) is 0 Å². The van der Waals surface area contributed by atoms with Gasteiger partial charge in [0.05, 0.1) is 15.6 Å². The normalized spacial score (nSPS) is 16.5. The van der Waals surface area contributed by atoms with E-state index in [-0.39, 0.29) is 5.69 Å². The van der Waals surface area contributed by atoms with E-state index < -0.39 is 4.92 Å². The second-order valence-corrected chi connectivity index (χ2v) is 5.91. The number of halogens is 1. The summed E-state index contributed by atoms with van der Waals surface area (Å²) in [5, 5.41) is 11.8. The lowest BCUT2D eigenvalue weighted by atomic mass is 10.0. The fraction of sp³-hybridized carbons (Fsp3) is 0.500. The van der Waals surface area contributed by atoms with E-state index in [1.165, 1.54) is 44.2 Å². The zero-order valence-electron chi connectivity index (χ0n) is 9.89. The lowest BCUT2D eigenvalue weighted by Crippen LogP contribution is -2.10. The summed E-state index contributed by atoms with van der Waals surface area (Å²) in [5.41, 5.74) is 0.688. The molecule has 0 radical (unpaired) electrons. The summed E-state index contributed by atoms with van der Waals surface area (Å²) in [6.45, 7) is 0. The molecule has 6 heteroatoms. The first-order chi connectivity index (χ1) is 8.66. The fourth-order valence-electron chi connectivity index (χ4n) is 2.03. The van der Waals surface area contributed by atoms with Crippen molar-refractivity contribution in [1.29, 1.82) is 0 Å². The molecule has 0 aliphatic heterocycles. The Morgan fingerprint density at radius 3 is 2.72 bits per heavy atom. The van der Waals surface area contributed by atoms with E-state index in [1.807, 2.05) is 0 Å². The van der Waals surface area contributed by atoms with Crippen LogP contribution in [-0.2, 0) is 0 Å². The number of hydrogen-bond donors (Lipinski definition) is 1. The van der Waals surface area contributed by atoms with E-state index in [4.69, 9.17) is 11.6 Å². The fourth-order valence-corrected chi connectivity index (χ4v) is 3.29. The Morgan fingerprint density at radius 2 is 2.06 bits per heavy atom. The molecule has 0 heterocycles. The van der Waals surface area contributed by atoms with Gasteiger partial charge < -0.3 is 4.72 Å². The molecule has 0 spiro atoms. The molecule has 0 unspecified atom stereocenters. The van der Waals surface area contributed by atoms with Gasteiger partial charge >= 0.3 is 0 Å². The van der Waals surface area contributed by atoms with Crippen LogP contribution in [0.2, 0.25) is 5.02 Å². The maximum Gasteiger partial charge on any atom is 0.271 e. The third kappa shape index (κ3) is 3.53. The minimum Gasteiger partial charge on any atom is -0.328 e. The van der Waals surface area contributed by atoms with Crippen molar-refractivity contribution in [2.45, 2.75) is 37.4 Å². The summed E-state index contributed by atoms with van der Waals surface area (Å²) in [5.74, 6) is 0. The molecule has 2 rings (SSSR count). The van der Waals surface area contributed by atoms with E-state index in [2.05, 4.69) is 4.72 Å². The van der Waals surface area contributed by atoms with E-state index >= 15 is 0 Å². The Bertz CT molecular complexity index is 436. The number of nitro benzene ring substituents is 1. The van der Waals surface area contributed by atoms with Crippen LogP contribution >= 0.6 is 23.5 Å². The van der Waals surface area contributed by atoms with Gasteiger partial charge in [-0.2, -0.15) is 0 Å². The molecule has 4 nitrogen and oxygen atoms in total. The minimum atomic E-state index is -0.410. The molecule has 1 fully saturated rings. The molecule has 0 aromatic heterocycles. The van der Waals surface area contributed by atoms with Crippen LogP contribution in [0.5, 0.6) is 0 Å². The second-order valence-electron chi connectivity index (χ2n) is 4.40. The summed E-state index contributed by atoms with van der Waals surface area (Å²) in [6.07, 6.45) is 6.24. The molecule has 98 valence electrons. The molecule has 1 saturated carbocycles. The van der Waals surface area contributed by atoms with Crippen molar-refractivity contribution in [1.82, 2.24) is 0 Å². The van der Waals surface area contributed by atoms with Gasteiger partial charge in [0.1, 0.15) is 0 Å². The number of non-ortho nitro benzene ring substituents is 1. The zero-order valence-corrected chi connectivity index (χ0v) is 11.5. The van der Waals surface area contributed by atoms with Gasteiger partial charge in [0.25, 0.3) is 5.69 Å². The maximum atomic E-state index is 10.7. The van der Waals surface area contributed by atoms with Crippen LogP contribution < -0.4 is 4.72 Å². The van der Waals surface area contributed by atoms with Crippen LogP contribution in [0.15, 0.2) is 18.2 Å². The van der Waals surface area contributed by atoms with Crippen molar-refractivity contribution in [2.75, 3.05) is 4.72 Å². The molecular formula is C12H15ClN2O2S. The first-order valence-corrected chi connectivity index (χ1v) is 7.28. The van der Waals surface area contributed by atoms with E-state index in [9.17, 15) is 10.1 Å². The third-order valence-corrected chi connectivity index (χ3v) is 4.52. The topological polar surface area (TPSA) is 55.2 Å². The molecule has 1 aliphatic carbocycles. The zero-order chi connectivity index (χ0) is 13.0. The molecule has 0 atom stereocenters. The van der Waals surface area contributed by atoms with Crippen molar-refractivity contribution in [3.8, 4) is 0 Å². The number of nitro groups is 1. The average Bonchev–Trinajstić information content (AvgIpc) is 2.38. The summed E-state index contributed by atoms with van der Waals surface area (Å²) < 4.78 is 3.16. The van der Waals surface area contributed by atoms with Crippen LogP contribution in [0.3, 0.4) is 0 Å². The van der Waals surface area contributed by atoms with Crippen LogP contribution in [-0.4, -0.2) is 10.2 Å². The highest BCUT2D eigenvalue weighted by Crippen LogP contribution is 2.33. The highest BCUT2D eigenvalue weighted by Gasteiger charge is 2.15. The molecular weight excluding hydrogens is 272 g/mol. The first-order valence-electron chi connectivity index (χ1n) is 6.02. The van der Waals surface area contributed by atoms with Crippen molar-refractivity contribution in [3.63, 3.8) is 0 Å². The van der Waals surface area contributed by atoms with E-state index in [0.29, 0.717) is 16.0 Å². The Balaban J connectivity index is 1.99. The van der Waals surface area contributed by atoms with Crippen LogP contribution in [0.1, 0.15) is 32.1 Å². The summed E-state index contributed by atoms with van der Waals surface area (Å²) in [4.78, 5) is 10.3. The van der Waals surface area contributed by atoms with Gasteiger partial charge in [-0.25, -0.2) is 0 Å². The van der Waals surface area contributed by atoms with Crippen molar-refractivity contribution < 1.29 is 4.92 Å². The standard InChI is InChI=1S/C12H15ClN2O2S/c13-11-7-6-9(15(16)17)8-12(11)14-18-10-4-2-1-3-5-10/h6-8,10,14H,1-5H2. The molecule has 1 aliphatic rings. The van der Waals surface area contributed by atoms with Gasteiger partial charge in [-0.3, -0.25) is 10.1 Å². The SMILES string of the molecule is O=[N+]([O-])c1ccc(Cl)c(NSC2CCCCC2)c1. The van der Waals surface area contributed by atoms with Gasteiger partial charge in [0.15, 0.2) is 0 Å². The van der Waals surface area contributed by atoms with Gasteiger partial charge in [-0.05, 0) is 30.9 Å². The van der Waals surface area contributed by atoms with Crippen molar-refractivity contribution in [3.05, 3.63) is 33.3 Å². The van der Waals surface area contributed by atoms with Crippen molar-refractivity contribution in [2.24, 2.45) is 0 Å². The van der Waals surface area contributed by atoms with Gasteiger partial charge in [-0.1, -0.05) is 30.9 Å². The van der Waals surface area contributed by atoms with Gasteiger partial charge in [0, 0.05) is 17.4 Å². The van der Waals surface area contributed by atoms with Gasteiger partial charge in [0.2, 0.25) is 0 Å². The number of nitrogens with one attached hydrogen (secondary N) is 1. The number of hydrogen-bond acceptors (Lipinski definition) is 4. The molecule has 1 N–H and O–H groups in total. The van der Waals surface area contributed by atoms with Crippen molar-refractivity contribution >= 4 is 34.9 Å².